The third-order valence-corrected chi connectivity index (χ3v) is 4.61. The second-order valence-corrected chi connectivity index (χ2v) is 5.80. The van der Waals surface area contributed by atoms with Crippen LogP contribution in [0.25, 0.3) is 0 Å². The Hall–Kier alpha value is -0.130. The molecular weight excluding hydrogens is 226 g/mol. The van der Waals surface area contributed by atoms with E-state index in [1.807, 2.05) is 0 Å². The van der Waals surface area contributed by atoms with Crippen LogP contribution in [0.4, 0.5) is 0 Å². The number of rotatable bonds is 4. The number of sulfonamides is 1. The molecule has 82 valence electrons. The molecule has 1 fully saturated rings. The first-order chi connectivity index (χ1) is 6.49. The van der Waals surface area contributed by atoms with Gasteiger partial charge in [0.2, 0.25) is 15.3 Å². The molecule has 1 rings (SSSR count). The molecule has 1 heterocycles. The zero-order valence-corrected chi connectivity index (χ0v) is 9.64. The van der Waals surface area contributed by atoms with Crippen LogP contribution < -0.4 is 0 Å². The van der Waals surface area contributed by atoms with E-state index in [2.05, 4.69) is 0 Å². The minimum atomic E-state index is -3.28. The van der Waals surface area contributed by atoms with Gasteiger partial charge in [-0.15, -0.1) is 0 Å². The van der Waals surface area contributed by atoms with Gasteiger partial charge >= 0.3 is 0 Å². The maximum atomic E-state index is 11.7. The average Bonchev–Trinajstić information content (AvgIpc) is 2.51. The highest BCUT2D eigenvalue weighted by Crippen LogP contribution is 2.23. The highest BCUT2D eigenvalue weighted by atomic mass is 35.5. The predicted molar refractivity (Wildman–Crippen MR) is 54.7 cm³/mol. The summed E-state index contributed by atoms with van der Waals surface area (Å²) in [5.41, 5.74) is 0. The van der Waals surface area contributed by atoms with E-state index in [1.165, 1.54) is 4.31 Å². The van der Waals surface area contributed by atoms with Crippen molar-refractivity contribution >= 4 is 26.9 Å². The standard InChI is InChI=1S/C8H14ClNO3S/c1-2-6-14(12,13)10-5-3-4-7(10)8(9)11/h7H,2-6H2,1H3. The van der Waals surface area contributed by atoms with Gasteiger partial charge in [-0.05, 0) is 30.9 Å². The molecule has 0 aromatic rings. The number of carbonyl (C=O) groups is 1. The van der Waals surface area contributed by atoms with E-state index in [0.29, 0.717) is 25.8 Å². The van der Waals surface area contributed by atoms with Crippen LogP contribution in [0.1, 0.15) is 26.2 Å². The van der Waals surface area contributed by atoms with E-state index in [4.69, 9.17) is 11.6 Å². The fourth-order valence-corrected chi connectivity index (χ4v) is 3.71. The summed E-state index contributed by atoms with van der Waals surface area (Å²) in [6.45, 7) is 2.22. The zero-order chi connectivity index (χ0) is 10.8. The molecule has 0 bridgehead atoms. The van der Waals surface area contributed by atoms with Gasteiger partial charge in [0.25, 0.3) is 0 Å². The third kappa shape index (κ3) is 2.46. The van der Waals surface area contributed by atoms with Gasteiger partial charge < -0.3 is 0 Å². The lowest BCUT2D eigenvalue weighted by Crippen LogP contribution is -2.40. The topological polar surface area (TPSA) is 54.5 Å². The zero-order valence-electron chi connectivity index (χ0n) is 8.07. The number of nitrogens with zero attached hydrogens (tertiary/aromatic N) is 1. The molecule has 1 aliphatic heterocycles. The van der Waals surface area contributed by atoms with Crippen molar-refractivity contribution in [1.29, 1.82) is 0 Å². The molecular formula is C8H14ClNO3S. The van der Waals surface area contributed by atoms with E-state index in [1.54, 1.807) is 6.92 Å². The Morgan fingerprint density at radius 3 is 2.71 bits per heavy atom. The molecule has 0 aliphatic carbocycles. The molecule has 14 heavy (non-hydrogen) atoms. The lowest BCUT2D eigenvalue weighted by atomic mass is 10.2. The molecule has 0 radical (unpaired) electrons. The molecule has 1 saturated heterocycles. The normalized spacial score (nSPS) is 24.0. The summed E-state index contributed by atoms with van der Waals surface area (Å²) >= 11 is 5.34. The Morgan fingerprint density at radius 1 is 1.57 bits per heavy atom. The Labute approximate surface area is 89.3 Å². The van der Waals surface area contributed by atoms with Crippen LogP contribution >= 0.6 is 11.6 Å². The first kappa shape index (κ1) is 11.9. The van der Waals surface area contributed by atoms with Crippen molar-refractivity contribution in [2.45, 2.75) is 32.2 Å². The number of hydrogen-bond donors (Lipinski definition) is 0. The van der Waals surface area contributed by atoms with Gasteiger partial charge in [0.05, 0.1) is 11.8 Å². The van der Waals surface area contributed by atoms with E-state index in [9.17, 15) is 13.2 Å². The van der Waals surface area contributed by atoms with E-state index in [0.717, 1.165) is 0 Å². The minimum Gasteiger partial charge on any atom is -0.279 e. The lowest BCUT2D eigenvalue weighted by Gasteiger charge is -2.20. The fraction of sp³-hybridized carbons (Fsp3) is 0.875. The van der Waals surface area contributed by atoms with Gasteiger partial charge in [-0.1, -0.05) is 6.92 Å². The van der Waals surface area contributed by atoms with Crippen molar-refractivity contribution in [3.63, 3.8) is 0 Å². The van der Waals surface area contributed by atoms with Gasteiger partial charge in [-0.2, -0.15) is 4.31 Å². The van der Waals surface area contributed by atoms with Gasteiger partial charge in [-0.3, -0.25) is 4.79 Å². The van der Waals surface area contributed by atoms with E-state index >= 15 is 0 Å². The molecule has 0 aromatic carbocycles. The van der Waals surface area contributed by atoms with Crippen LogP contribution in [0.2, 0.25) is 0 Å². The summed E-state index contributed by atoms with van der Waals surface area (Å²) in [7, 11) is -3.28. The molecule has 6 heteroatoms. The van der Waals surface area contributed by atoms with E-state index in [-0.39, 0.29) is 5.75 Å². The van der Waals surface area contributed by atoms with Crippen molar-refractivity contribution in [3.8, 4) is 0 Å². The highest BCUT2D eigenvalue weighted by molar-refractivity contribution is 7.89. The summed E-state index contributed by atoms with van der Waals surface area (Å²) < 4.78 is 24.6. The van der Waals surface area contributed by atoms with Crippen LogP contribution in [0.3, 0.4) is 0 Å². The van der Waals surface area contributed by atoms with Crippen LogP contribution in [0.5, 0.6) is 0 Å². The first-order valence-electron chi connectivity index (χ1n) is 4.68. The lowest BCUT2D eigenvalue weighted by molar-refractivity contribution is -0.114. The molecule has 1 aliphatic rings. The molecule has 0 N–H and O–H groups in total. The van der Waals surface area contributed by atoms with Crippen LogP contribution in [-0.4, -0.2) is 36.3 Å². The molecule has 0 amide bonds. The van der Waals surface area contributed by atoms with Crippen molar-refractivity contribution in [2.75, 3.05) is 12.3 Å². The van der Waals surface area contributed by atoms with Gasteiger partial charge in [-0.25, -0.2) is 8.42 Å². The largest absolute Gasteiger partial charge is 0.279 e. The van der Waals surface area contributed by atoms with E-state index < -0.39 is 21.3 Å². The Morgan fingerprint density at radius 2 is 2.21 bits per heavy atom. The number of carbonyl (C=O) groups excluding carboxylic acids is 1. The van der Waals surface area contributed by atoms with Crippen LogP contribution in [-0.2, 0) is 14.8 Å². The second-order valence-electron chi connectivity index (χ2n) is 3.39. The molecule has 0 saturated carbocycles. The van der Waals surface area contributed by atoms with Crippen molar-refractivity contribution in [2.24, 2.45) is 0 Å². The van der Waals surface area contributed by atoms with Gasteiger partial charge in [0, 0.05) is 6.54 Å². The molecule has 0 spiro atoms. The minimum absolute atomic E-state index is 0.0909. The van der Waals surface area contributed by atoms with Gasteiger partial charge in [0.1, 0.15) is 0 Å². The quantitative estimate of drug-likeness (QED) is 0.687. The SMILES string of the molecule is CCCS(=O)(=O)N1CCCC1C(=O)Cl. The first-order valence-corrected chi connectivity index (χ1v) is 6.66. The molecule has 1 atom stereocenters. The van der Waals surface area contributed by atoms with Crippen molar-refractivity contribution < 1.29 is 13.2 Å². The summed E-state index contributed by atoms with van der Waals surface area (Å²) in [5.74, 6) is 0.0909. The fourth-order valence-electron chi connectivity index (χ4n) is 1.68. The van der Waals surface area contributed by atoms with Crippen molar-refractivity contribution in [1.82, 2.24) is 4.31 Å². The highest BCUT2D eigenvalue weighted by Gasteiger charge is 2.37. The Kier molecular flexibility index (Phi) is 3.92. The number of halogens is 1. The third-order valence-electron chi connectivity index (χ3n) is 2.29. The monoisotopic (exact) mass is 239 g/mol. The summed E-state index contributed by atoms with van der Waals surface area (Å²) in [6.07, 6.45) is 1.82. The van der Waals surface area contributed by atoms with Gasteiger partial charge in [0.15, 0.2) is 0 Å². The maximum Gasteiger partial charge on any atom is 0.239 e. The summed E-state index contributed by atoms with van der Waals surface area (Å²) in [4.78, 5) is 11.0. The molecule has 1 unspecified atom stereocenters. The maximum absolute atomic E-state index is 11.7. The Bertz CT molecular complexity index is 315. The van der Waals surface area contributed by atoms with Crippen molar-refractivity contribution in [3.05, 3.63) is 0 Å². The second kappa shape index (κ2) is 4.59. The van der Waals surface area contributed by atoms with Crippen LogP contribution in [0, 0.1) is 0 Å². The summed E-state index contributed by atoms with van der Waals surface area (Å²) in [5, 5.41) is -0.567. The smallest absolute Gasteiger partial charge is 0.239 e. The number of hydrogen-bond acceptors (Lipinski definition) is 3. The summed E-state index contributed by atoms with van der Waals surface area (Å²) in [6, 6.07) is -0.631. The van der Waals surface area contributed by atoms with Crippen LogP contribution in [0.15, 0.2) is 0 Å². The Balaban J connectivity index is 2.81. The average molecular weight is 240 g/mol. The molecule has 4 nitrogen and oxygen atoms in total. The molecule has 0 aromatic heterocycles. The predicted octanol–water partition coefficient (Wildman–Crippen LogP) is 0.956.